The van der Waals surface area contributed by atoms with Crippen molar-refractivity contribution in [3.05, 3.63) is 34.4 Å². The number of carbonyl (C=O) groups excluding carboxylic acids is 2. The van der Waals surface area contributed by atoms with Crippen molar-refractivity contribution in [3.63, 3.8) is 0 Å². The molecule has 21 heavy (non-hydrogen) atoms. The molecular formula is C15H15N3O3. The van der Waals surface area contributed by atoms with E-state index in [1.54, 1.807) is 0 Å². The molecule has 1 aliphatic rings. The number of ketones is 2. The van der Waals surface area contributed by atoms with Crippen LogP contribution in [-0.2, 0) is 9.59 Å². The number of aromatic nitrogens is 2. The fourth-order valence-electron chi connectivity index (χ4n) is 2.21. The first-order valence-corrected chi connectivity index (χ1v) is 6.09. The van der Waals surface area contributed by atoms with Crippen LogP contribution in [0.2, 0.25) is 0 Å². The molecule has 1 aromatic heterocycles. The summed E-state index contributed by atoms with van der Waals surface area (Å²) >= 11 is 0. The smallest absolute Gasteiger partial charge is 0.264 e. The van der Waals surface area contributed by atoms with E-state index in [4.69, 9.17) is 15.3 Å². The molecule has 2 N–H and O–H groups in total. The van der Waals surface area contributed by atoms with Crippen LogP contribution in [0.25, 0.3) is 10.9 Å². The van der Waals surface area contributed by atoms with Crippen molar-refractivity contribution in [2.75, 3.05) is 5.73 Å². The maximum Gasteiger partial charge on any atom is 0.264 e. The van der Waals surface area contributed by atoms with Gasteiger partial charge in [-0.05, 0) is 25.4 Å². The van der Waals surface area contributed by atoms with Gasteiger partial charge in [-0.1, -0.05) is 6.04 Å². The number of nitrogens with two attached hydrogens (primary N) is 1. The first-order chi connectivity index (χ1) is 12.7. The molecule has 1 atom stereocenters. The lowest BCUT2D eigenvalue weighted by Crippen LogP contribution is -2.36. The largest absolute Gasteiger partial charge is 0.398 e. The van der Waals surface area contributed by atoms with E-state index in [1.165, 1.54) is 0 Å². The van der Waals surface area contributed by atoms with E-state index >= 15 is 0 Å². The van der Waals surface area contributed by atoms with Crippen molar-refractivity contribution in [3.8, 4) is 0 Å². The Morgan fingerprint density at radius 3 is 3.05 bits per heavy atom. The maximum absolute atomic E-state index is 13.2. The molecule has 1 aromatic carbocycles. The van der Waals surface area contributed by atoms with Crippen molar-refractivity contribution in [2.24, 2.45) is 0 Å². The van der Waals surface area contributed by atoms with Gasteiger partial charge in [-0.2, -0.15) is 0 Å². The highest BCUT2D eigenvalue weighted by Gasteiger charge is 2.30. The molecule has 108 valence electrons. The molecule has 0 amide bonds. The lowest BCUT2D eigenvalue weighted by molar-refractivity contribution is -0.132. The SMILES string of the molecule is [2H]c1cc(N)c2c(=O)n(C3([2H])C(=O)CC(=O)CC3([2H])[2H])c(C([2H])([2H])[2H])nc2c1. The van der Waals surface area contributed by atoms with Gasteiger partial charge in [0.1, 0.15) is 11.6 Å². The number of Topliss-reactive ketones (excluding diaryl/α,β-unsaturated/α-hetero) is 2. The van der Waals surface area contributed by atoms with E-state index < -0.39 is 55.0 Å². The molecule has 1 aliphatic carbocycles. The van der Waals surface area contributed by atoms with Crippen LogP contribution in [0, 0.1) is 6.85 Å². The highest BCUT2D eigenvalue weighted by molar-refractivity contribution is 6.03. The Morgan fingerprint density at radius 1 is 1.52 bits per heavy atom. The van der Waals surface area contributed by atoms with E-state index in [-0.39, 0.29) is 27.2 Å². The Hall–Kier alpha value is -2.50. The summed E-state index contributed by atoms with van der Waals surface area (Å²) in [5.74, 6) is -3.00. The number of carbonyl (C=O) groups is 2. The van der Waals surface area contributed by atoms with Gasteiger partial charge in [0.25, 0.3) is 5.56 Å². The van der Waals surface area contributed by atoms with Gasteiger partial charge in [-0.25, -0.2) is 4.98 Å². The Balaban J connectivity index is 2.53. The molecule has 0 spiro atoms. The Kier molecular flexibility index (Phi) is 1.71. The number of hydrogen-bond donors (Lipinski definition) is 1. The van der Waals surface area contributed by atoms with Crippen molar-refractivity contribution < 1.29 is 19.2 Å². The van der Waals surface area contributed by atoms with Crippen LogP contribution in [0.3, 0.4) is 0 Å². The molecular weight excluding hydrogens is 270 g/mol. The average molecular weight is 292 g/mol. The van der Waals surface area contributed by atoms with Gasteiger partial charge < -0.3 is 5.73 Å². The van der Waals surface area contributed by atoms with Gasteiger partial charge in [0.2, 0.25) is 0 Å². The van der Waals surface area contributed by atoms with E-state index in [0.717, 1.165) is 12.1 Å². The van der Waals surface area contributed by atoms with Crippen molar-refractivity contribution >= 4 is 28.2 Å². The van der Waals surface area contributed by atoms with E-state index in [0.29, 0.717) is 0 Å². The topological polar surface area (TPSA) is 95.0 Å². The predicted molar refractivity (Wildman–Crippen MR) is 78.1 cm³/mol. The molecule has 0 radical (unpaired) electrons. The summed E-state index contributed by atoms with van der Waals surface area (Å²) in [6, 6.07) is -0.942. The Labute approximate surface area is 130 Å². The number of hydrogen-bond acceptors (Lipinski definition) is 5. The van der Waals surface area contributed by atoms with Crippen LogP contribution in [0.15, 0.2) is 23.0 Å². The Morgan fingerprint density at radius 2 is 2.33 bits per heavy atom. The number of rotatable bonds is 1. The van der Waals surface area contributed by atoms with Gasteiger partial charge in [-0.3, -0.25) is 19.0 Å². The summed E-state index contributed by atoms with van der Waals surface area (Å²) in [6.07, 6.45) is -4.51. The zero-order valence-electron chi connectivity index (χ0n) is 17.8. The van der Waals surface area contributed by atoms with Gasteiger partial charge in [-0.15, -0.1) is 0 Å². The second-order valence-corrected chi connectivity index (χ2v) is 4.59. The highest BCUT2D eigenvalue weighted by Crippen LogP contribution is 2.24. The molecule has 1 unspecified atom stereocenters. The lowest BCUT2D eigenvalue weighted by Gasteiger charge is -2.24. The molecule has 6 heteroatoms. The summed E-state index contributed by atoms with van der Waals surface area (Å²) in [5, 5.41) is -0.337. The fraction of sp³-hybridized carbons (Fsp3) is 0.333. The number of anilines is 1. The minimum absolute atomic E-state index is 0.138. The molecule has 1 fully saturated rings. The summed E-state index contributed by atoms with van der Waals surface area (Å²) in [6.45, 7) is -3.09. The van der Waals surface area contributed by atoms with Gasteiger partial charge in [0, 0.05) is 19.0 Å². The van der Waals surface area contributed by atoms with Crippen LogP contribution in [0.4, 0.5) is 5.69 Å². The first kappa shape index (κ1) is 7.49. The molecule has 3 rings (SSSR count). The van der Waals surface area contributed by atoms with Gasteiger partial charge in [0.15, 0.2) is 5.78 Å². The first-order valence-electron chi connectivity index (χ1n) is 9.59. The van der Waals surface area contributed by atoms with Crippen LogP contribution < -0.4 is 11.3 Å². The third-order valence-corrected chi connectivity index (χ3v) is 3.16. The predicted octanol–water partition coefficient (Wildman–Crippen LogP) is 1.15. The monoisotopic (exact) mass is 292 g/mol. The second kappa shape index (κ2) is 4.80. The van der Waals surface area contributed by atoms with Crippen molar-refractivity contribution in [1.82, 2.24) is 9.55 Å². The molecule has 0 bridgehead atoms. The number of aryl methyl sites for hydroxylation is 1. The average Bonchev–Trinajstić information content (AvgIpc) is 2.49. The summed E-state index contributed by atoms with van der Waals surface area (Å²) in [5.41, 5.74) is 4.13. The summed E-state index contributed by atoms with van der Waals surface area (Å²) < 4.78 is 55.6. The number of benzene rings is 1. The number of nitrogen functional groups attached to an aromatic ring is 1. The molecule has 1 heterocycles. The van der Waals surface area contributed by atoms with Crippen LogP contribution in [-0.4, -0.2) is 21.1 Å². The van der Waals surface area contributed by atoms with Crippen LogP contribution >= 0.6 is 0 Å². The van der Waals surface area contributed by atoms with Crippen molar-refractivity contribution in [1.29, 1.82) is 0 Å². The number of fused-ring (bicyclic) bond motifs is 1. The minimum Gasteiger partial charge on any atom is -0.398 e. The zero-order valence-corrected chi connectivity index (χ0v) is 10.8. The van der Waals surface area contributed by atoms with Gasteiger partial charge in [0.05, 0.1) is 26.1 Å². The minimum atomic E-state index is -3.09. The standard InChI is InChI=1S/C15H15N3O3/c1-8-17-11-4-2-3-10(16)14(11)15(21)18(8)12-6-5-9(19)7-13(12)20/h2-4,12H,5-7,16H2,1H3/i1D3,2D,6D2,12D. The molecule has 0 aliphatic heterocycles. The molecule has 0 saturated heterocycles. The fourth-order valence-corrected chi connectivity index (χ4v) is 2.21. The highest BCUT2D eigenvalue weighted by atomic mass is 16.2. The third-order valence-electron chi connectivity index (χ3n) is 3.16. The Bertz CT molecular complexity index is 1090. The molecule has 2 aromatic rings. The maximum atomic E-state index is 13.2. The summed E-state index contributed by atoms with van der Waals surface area (Å²) in [7, 11) is 0. The molecule has 6 nitrogen and oxygen atoms in total. The third kappa shape index (κ3) is 2.12. The lowest BCUT2D eigenvalue weighted by atomic mass is 9.92. The van der Waals surface area contributed by atoms with E-state index in [2.05, 4.69) is 4.98 Å². The molecule has 1 saturated carbocycles. The van der Waals surface area contributed by atoms with Gasteiger partial charge >= 0.3 is 0 Å². The zero-order chi connectivity index (χ0) is 21.2. The second-order valence-electron chi connectivity index (χ2n) is 4.59. The normalized spacial score (nSPS) is 30.6. The van der Waals surface area contributed by atoms with Crippen LogP contribution in [0.1, 0.15) is 40.7 Å². The number of nitrogens with zero attached hydrogens (tertiary/aromatic N) is 2. The van der Waals surface area contributed by atoms with Crippen LogP contribution in [0.5, 0.6) is 0 Å². The van der Waals surface area contributed by atoms with E-state index in [9.17, 15) is 14.4 Å². The quantitative estimate of drug-likeness (QED) is 0.628. The van der Waals surface area contributed by atoms with E-state index in [1.807, 2.05) is 0 Å². The van der Waals surface area contributed by atoms with Crippen molar-refractivity contribution in [2.45, 2.75) is 32.1 Å². The summed E-state index contributed by atoms with van der Waals surface area (Å²) in [4.78, 5) is 41.2.